The number of nitriles is 1. The Balaban J connectivity index is 1.40. The number of aliphatic hydroxyl groups is 1. The first-order valence-electron chi connectivity index (χ1n) is 10.7. The number of fused-ring (bicyclic) bond motifs is 1. The molecule has 2 unspecified atom stereocenters. The molecule has 2 aliphatic rings. The summed E-state index contributed by atoms with van der Waals surface area (Å²) in [5.41, 5.74) is 2.09. The normalized spacial score (nSPS) is 24.1. The molecule has 4 rings (SSSR count). The lowest BCUT2D eigenvalue weighted by Crippen LogP contribution is -2.41. The highest BCUT2D eigenvalue weighted by Gasteiger charge is 2.36. The molecule has 31 heavy (non-hydrogen) atoms. The third-order valence-corrected chi connectivity index (χ3v) is 6.34. The molecular formula is C23H28N6O2. The molecule has 4 N–H and O–H groups in total. The molecule has 3 atom stereocenters. The highest BCUT2D eigenvalue weighted by atomic mass is 16.3. The molecule has 8 heteroatoms. The topological polar surface area (TPSA) is 123 Å². The van der Waals surface area contributed by atoms with Gasteiger partial charge in [-0.05, 0) is 42.7 Å². The average molecular weight is 421 g/mol. The zero-order chi connectivity index (χ0) is 22.0. The Hall–Kier alpha value is -3.18. The molecule has 0 spiro atoms. The van der Waals surface area contributed by atoms with E-state index in [-0.39, 0.29) is 29.4 Å². The lowest BCUT2D eigenvalue weighted by atomic mass is 9.73. The molecule has 1 aliphatic heterocycles. The summed E-state index contributed by atoms with van der Waals surface area (Å²) in [5.74, 6) is 0.730. The summed E-state index contributed by atoms with van der Waals surface area (Å²) >= 11 is 0. The van der Waals surface area contributed by atoms with Crippen LogP contribution in [0.2, 0.25) is 0 Å². The van der Waals surface area contributed by atoms with Gasteiger partial charge in [0.25, 0.3) is 0 Å². The van der Waals surface area contributed by atoms with Gasteiger partial charge >= 0.3 is 0 Å². The largest absolute Gasteiger partial charge is 0.393 e. The predicted molar refractivity (Wildman–Crippen MR) is 119 cm³/mol. The standard InChI is InChI=1S/C23H28N6O2/c1-23(2)11-15(7-8-19(23)30)27-20-14(12-24)13-26-22(29-20)25-10-9-17-16-5-3-4-6-18(16)28-21(17)31/h3-6,13,15,17,19,30H,7-11H2,1-2H3,(H,28,31)(H2,25,26,27,29)/t15?,17?,19-/m0/s1. The Morgan fingerprint density at radius 3 is 2.90 bits per heavy atom. The van der Waals surface area contributed by atoms with E-state index in [1.54, 1.807) is 0 Å². The molecule has 1 amide bonds. The van der Waals surface area contributed by atoms with E-state index >= 15 is 0 Å². The second-order valence-electron chi connectivity index (χ2n) is 9.04. The fourth-order valence-corrected chi connectivity index (χ4v) is 4.49. The van der Waals surface area contributed by atoms with Gasteiger partial charge in [-0.3, -0.25) is 4.79 Å². The number of anilines is 3. The maximum absolute atomic E-state index is 12.3. The summed E-state index contributed by atoms with van der Waals surface area (Å²) in [6, 6.07) is 10.0. The molecule has 2 heterocycles. The van der Waals surface area contributed by atoms with Crippen molar-refractivity contribution in [2.24, 2.45) is 5.41 Å². The van der Waals surface area contributed by atoms with Gasteiger partial charge in [0.05, 0.1) is 18.2 Å². The van der Waals surface area contributed by atoms with Crippen LogP contribution in [0.5, 0.6) is 0 Å². The number of nitrogens with zero attached hydrogens (tertiary/aromatic N) is 3. The van der Waals surface area contributed by atoms with Crippen LogP contribution in [0.25, 0.3) is 0 Å². The van der Waals surface area contributed by atoms with Gasteiger partial charge in [-0.15, -0.1) is 0 Å². The third-order valence-electron chi connectivity index (χ3n) is 6.34. The molecule has 1 aromatic carbocycles. The van der Waals surface area contributed by atoms with Crippen molar-refractivity contribution in [3.8, 4) is 6.07 Å². The second kappa shape index (κ2) is 8.52. The Kier molecular flexibility index (Phi) is 5.79. The van der Waals surface area contributed by atoms with E-state index in [9.17, 15) is 15.2 Å². The van der Waals surface area contributed by atoms with Crippen molar-refractivity contribution in [1.29, 1.82) is 5.26 Å². The molecule has 162 valence electrons. The molecule has 1 fully saturated rings. The SMILES string of the molecule is CC1(C)CC(Nc2nc(NCCC3C(=O)Nc4ccccc43)ncc2C#N)CC[C@@H]1O. The van der Waals surface area contributed by atoms with Crippen LogP contribution in [-0.4, -0.2) is 39.7 Å². The van der Waals surface area contributed by atoms with E-state index in [0.717, 1.165) is 24.1 Å². The summed E-state index contributed by atoms with van der Waals surface area (Å²) in [4.78, 5) is 21.0. The van der Waals surface area contributed by atoms with Crippen LogP contribution in [0.1, 0.15) is 56.6 Å². The van der Waals surface area contributed by atoms with Gasteiger partial charge in [-0.1, -0.05) is 32.0 Å². The first-order valence-corrected chi connectivity index (χ1v) is 10.7. The molecule has 1 aliphatic carbocycles. The fraction of sp³-hybridized carbons (Fsp3) is 0.478. The number of aromatic nitrogens is 2. The molecule has 0 saturated heterocycles. The summed E-state index contributed by atoms with van der Waals surface area (Å²) in [5, 5.41) is 29.1. The minimum absolute atomic E-state index is 0.00760. The van der Waals surface area contributed by atoms with Crippen LogP contribution in [-0.2, 0) is 4.79 Å². The summed E-state index contributed by atoms with van der Waals surface area (Å²) in [6.07, 6.45) is 4.14. The number of para-hydroxylation sites is 1. The maximum Gasteiger partial charge on any atom is 0.232 e. The molecule has 2 aromatic rings. The summed E-state index contributed by atoms with van der Waals surface area (Å²) in [6.45, 7) is 4.64. The van der Waals surface area contributed by atoms with Crippen LogP contribution in [0.15, 0.2) is 30.5 Å². The van der Waals surface area contributed by atoms with Crippen LogP contribution in [0, 0.1) is 16.7 Å². The van der Waals surface area contributed by atoms with Crippen molar-refractivity contribution in [2.75, 3.05) is 22.5 Å². The van der Waals surface area contributed by atoms with Crippen molar-refractivity contribution in [3.63, 3.8) is 0 Å². The molecular weight excluding hydrogens is 392 g/mol. The van der Waals surface area contributed by atoms with Crippen molar-refractivity contribution >= 4 is 23.4 Å². The maximum atomic E-state index is 12.3. The Morgan fingerprint density at radius 1 is 1.32 bits per heavy atom. The fourth-order valence-electron chi connectivity index (χ4n) is 4.49. The van der Waals surface area contributed by atoms with Gasteiger partial charge in [0.15, 0.2) is 0 Å². The predicted octanol–water partition coefficient (Wildman–Crippen LogP) is 3.24. The quantitative estimate of drug-likeness (QED) is 0.566. The lowest BCUT2D eigenvalue weighted by Gasteiger charge is -2.40. The number of benzene rings is 1. The Morgan fingerprint density at radius 2 is 2.13 bits per heavy atom. The third kappa shape index (κ3) is 4.47. The van der Waals surface area contributed by atoms with E-state index in [0.29, 0.717) is 36.7 Å². The number of carbonyl (C=O) groups excluding carboxylic acids is 1. The van der Waals surface area contributed by atoms with Crippen LogP contribution < -0.4 is 16.0 Å². The average Bonchev–Trinajstić information content (AvgIpc) is 3.06. The Bertz CT molecular complexity index is 1020. The lowest BCUT2D eigenvalue weighted by molar-refractivity contribution is -0.117. The second-order valence-corrected chi connectivity index (χ2v) is 9.04. The number of hydrogen-bond acceptors (Lipinski definition) is 7. The number of aliphatic hydroxyl groups excluding tert-OH is 1. The number of nitrogens with one attached hydrogen (secondary N) is 3. The molecule has 8 nitrogen and oxygen atoms in total. The monoisotopic (exact) mass is 420 g/mol. The molecule has 0 radical (unpaired) electrons. The highest BCUT2D eigenvalue weighted by Crippen LogP contribution is 2.37. The van der Waals surface area contributed by atoms with Gasteiger partial charge in [-0.25, -0.2) is 4.98 Å². The highest BCUT2D eigenvalue weighted by molar-refractivity contribution is 6.02. The minimum atomic E-state index is -0.318. The van der Waals surface area contributed by atoms with E-state index in [2.05, 4.69) is 45.8 Å². The number of hydrogen-bond donors (Lipinski definition) is 4. The van der Waals surface area contributed by atoms with Crippen LogP contribution in [0.4, 0.5) is 17.5 Å². The first kappa shape index (κ1) is 21.1. The van der Waals surface area contributed by atoms with Gasteiger partial charge in [0, 0.05) is 18.3 Å². The minimum Gasteiger partial charge on any atom is -0.393 e. The van der Waals surface area contributed by atoms with Gasteiger partial charge in [0.1, 0.15) is 17.5 Å². The smallest absolute Gasteiger partial charge is 0.232 e. The van der Waals surface area contributed by atoms with Crippen LogP contribution in [0.3, 0.4) is 0 Å². The number of amides is 1. The van der Waals surface area contributed by atoms with Crippen LogP contribution >= 0.6 is 0 Å². The van der Waals surface area contributed by atoms with Gasteiger partial charge in [0.2, 0.25) is 11.9 Å². The van der Waals surface area contributed by atoms with Crippen molar-refractivity contribution in [2.45, 2.75) is 57.6 Å². The van der Waals surface area contributed by atoms with E-state index in [1.165, 1.54) is 6.20 Å². The number of carbonyl (C=O) groups is 1. The summed E-state index contributed by atoms with van der Waals surface area (Å²) < 4.78 is 0. The molecule has 0 bridgehead atoms. The first-order chi connectivity index (χ1) is 14.9. The molecule has 1 saturated carbocycles. The zero-order valence-electron chi connectivity index (χ0n) is 17.9. The number of rotatable bonds is 6. The zero-order valence-corrected chi connectivity index (χ0v) is 17.9. The van der Waals surface area contributed by atoms with Gasteiger partial charge < -0.3 is 21.1 Å². The molecule has 1 aromatic heterocycles. The van der Waals surface area contributed by atoms with E-state index < -0.39 is 0 Å². The van der Waals surface area contributed by atoms with Crippen molar-refractivity contribution in [1.82, 2.24) is 9.97 Å². The van der Waals surface area contributed by atoms with Crippen molar-refractivity contribution in [3.05, 3.63) is 41.6 Å². The van der Waals surface area contributed by atoms with E-state index in [4.69, 9.17) is 0 Å². The summed E-state index contributed by atoms with van der Waals surface area (Å²) in [7, 11) is 0. The van der Waals surface area contributed by atoms with E-state index in [1.807, 2.05) is 24.3 Å². The van der Waals surface area contributed by atoms with Crippen molar-refractivity contribution < 1.29 is 9.90 Å². The van der Waals surface area contributed by atoms with Gasteiger partial charge in [-0.2, -0.15) is 10.2 Å². The Labute approximate surface area is 182 Å².